The van der Waals surface area contributed by atoms with Gasteiger partial charge in [-0.25, -0.2) is 9.78 Å². The number of amides is 2. The minimum Gasteiger partial charge on any atom is -0.335 e. The maximum atomic E-state index is 11.7. The Labute approximate surface area is 99.5 Å². The second-order valence-electron chi connectivity index (χ2n) is 4.30. The van der Waals surface area contributed by atoms with Crippen LogP contribution in [0.2, 0.25) is 0 Å². The molecule has 2 atom stereocenters. The number of hydrogen-bond donors (Lipinski definition) is 2. The third-order valence-electron chi connectivity index (χ3n) is 3.08. The molecule has 4 nitrogen and oxygen atoms in total. The quantitative estimate of drug-likeness (QED) is 0.833. The molecule has 16 heavy (non-hydrogen) atoms. The first-order valence-electron chi connectivity index (χ1n) is 5.72. The molecule has 2 N–H and O–H groups in total. The average Bonchev–Trinajstić information content (AvgIpc) is 2.74. The summed E-state index contributed by atoms with van der Waals surface area (Å²) in [5.74, 6) is 0.579. The number of carbonyl (C=O) groups is 1. The molecule has 0 bridgehead atoms. The van der Waals surface area contributed by atoms with Gasteiger partial charge in [0, 0.05) is 17.6 Å². The molecule has 2 amide bonds. The van der Waals surface area contributed by atoms with Crippen molar-refractivity contribution in [3.05, 3.63) is 11.6 Å². The first kappa shape index (κ1) is 11.4. The van der Waals surface area contributed by atoms with Crippen LogP contribution in [0.4, 0.5) is 9.93 Å². The summed E-state index contributed by atoms with van der Waals surface area (Å²) < 4.78 is 0. The first-order valence-corrected chi connectivity index (χ1v) is 6.60. The number of nitrogens with one attached hydrogen (secondary N) is 2. The van der Waals surface area contributed by atoms with E-state index >= 15 is 0 Å². The van der Waals surface area contributed by atoms with Crippen molar-refractivity contribution in [1.29, 1.82) is 0 Å². The molecule has 0 spiro atoms. The molecule has 2 rings (SSSR count). The fourth-order valence-electron chi connectivity index (χ4n) is 2.12. The number of carbonyl (C=O) groups excluding carboxylic acids is 1. The van der Waals surface area contributed by atoms with Gasteiger partial charge in [0.1, 0.15) is 0 Å². The number of urea groups is 1. The molecule has 1 saturated carbocycles. The molecule has 1 aromatic heterocycles. The van der Waals surface area contributed by atoms with Crippen LogP contribution in [0.15, 0.2) is 11.6 Å². The zero-order valence-electron chi connectivity index (χ0n) is 9.40. The Balaban J connectivity index is 1.82. The van der Waals surface area contributed by atoms with Crippen LogP contribution in [0.3, 0.4) is 0 Å². The van der Waals surface area contributed by atoms with Crippen LogP contribution >= 0.6 is 11.3 Å². The lowest BCUT2D eigenvalue weighted by Gasteiger charge is -2.29. The molecule has 0 unspecified atom stereocenters. The van der Waals surface area contributed by atoms with Crippen LogP contribution in [0.1, 0.15) is 32.6 Å². The van der Waals surface area contributed by atoms with E-state index in [1.165, 1.54) is 30.6 Å². The van der Waals surface area contributed by atoms with Crippen molar-refractivity contribution in [3.8, 4) is 0 Å². The average molecular weight is 239 g/mol. The molecule has 1 heterocycles. The summed E-state index contributed by atoms with van der Waals surface area (Å²) in [7, 11) is 0. The van der Waals surface area contributed by atoms with Crippen molar-refractivity contribution in [2.24, 2.45) is 5.92 Å². The highest BCUT2D eigenvalue weighted by Gasteiger charge is 2.22. The Kier molecular flexibility index (Phi) is 3.77. The molecule has 1 aliphatic carbocycles. The van der Waals surface area contributed by atoms with Crippen molar-refractivity contribution in [3.63, 3.8) is 0 Å². The van der Waals surface area contributed by atoms with Gasteiger partial charge in [0.25, 0.3) is 0 Å². The molecule has 1 fully saturated rings. The van der Waals surface area contributed by atoms with Crippen LogP contribution in [0.25, 0.3) is 0 Å². The smallest absolute Gasteiger partial charge is 0.321 e. The first-order chi connectivity index (χ1) is 7.75. The molecule has 0 aliphatic heterocycles. The largest absolute Gasteiger partial charge is 0.335 e. The van der Waals surface area contributed by atoms with E-state index in [2.05, 4.69) is 22.5 Å². The van der Waals surface area contributed by atoms with E-state index in [0.717, 1.165) is 6.42 Å². The predicted octanol–water partition coefficient (Wildman–Crippen LogP) is 2.84. The van der Waals surface area contributed by atoms with Gasteiger partial charge in [-0.15, -0.1) is 11.3 Å². The fraction of sp³-hybridized carbons (Fsp3) is 0.636. The van der Waals surface area contributed by atoms with Gasteiger partial charge in [-0.3, -0.25) is 5.32 Å². The molecule has 5 heteroatoms. The van der Waals surface area contributed by atoms with Crippen LogP contribution in [0.5, 0.6) is 0 Å². The highest BCUT2D eigenvalue weighted by molar-refractivity contribution is 7.13. The molecule has 88 valence electrons. The van der Waals surface area contributed by atoms with E-state index in [1.807, 2.05) is 5.38 Å². The van der Waals surface area contributed by atoms with Crippen molar-refractivity contribution in [2.75, 3.05) is 5.32 Å². The molecular weight excluding hydrogens is 222 g/mol. The van der Waals surface area contributed by atoms with Gasteiger partial charge in [-0.2, -0.15) is 0 Å². The van der Waals surface area contributed by atoms with E-state index in [-0.39, 0.29) is 6.03 Å². The number of nitrogens with zero attached hydrogens (tertiary/aromatic N) is 1. The van der Waals surface area contributed by atoms with Crippen LogP contribution in [-0.4, -0.2) is 17.1 Å². The summed E-state index contributed by atoms with van der Waals surface area (Å²) in [6.07, 6.45) is 6.48. The fourth-order valence-corrected chi connectivity index (χ4v) is 2.64. The highest BCUT2D eigenvalue weighted by atomic mass is 32.1. The standard InChI is InChI=1S/C11H17N3OS/c1-8-4-2-3-5-9(8)13-10(15)14-11-12-6-7-16-11/h6-9H,2-5H2,1H3,(H2,12,13,14,15)/t8-,9-/m1/s1. The lowest BCUT2D eigenvalue weighted by atomic mass is 9.86. The van der Waals surface area contributed by atoms with Crippen LogP contribution in [-0.2, 0) is 0 Å². The number of anilines is 1. The zero-order chi connectivity index (χ0) is 11.4. The summed E-state index contributed by atoms with van der Waals surface area (Å²) in [5, 5.41) is 8.27. The minimum absolute atomic E-state index is 0.131. The summed E-state index contributed by atoms with van der Waals surface area (Å²) in [6.45, 7) is 2.20. The Morgan fingerprint density at radius 1 is 1.50 bits per heavy atom. The summed E-state index contributed by atoms with van der Waals surface area (Å²) in [4.78, 5) is 15.7. The van der Waals surface area contributed by atoms with Gasteiger partial charge >= 0.3 is 6.03 Å². The van der Waals surface area contributed by atoms with Crippen LogP contribution < -0.4 is 10.6 Å². The molecule has 0 radical (unpaired) electrons. The normalized spacial score (nSPS) is 25.1. The van der Waals surface area contributed by atoms with E-state index < -0.39 is 0 Å². The topological polar surface area (TPSA) is 54.0 Å². The van der Waals surface area contributed by atoms with Crippen molar-refractivity contribution in [1.82, 2.24) is 10.3 Å². The summed E-state index contributed by atoms with van der Waals surface area (Å²) in [6, 6.07) is 0.183. The Hall–Kier alpha value is -1.10. The van der Waals surface area contributed by atoms with E-state index in [1.54, 1.807) is 6.20 Å². The maximum Gasteiger partial charge on any atom is 0.321 e. The van der Waals surface area contributed by atoms with Gasteiger partial charge in [0.15, 0.2) is 5.13 Å². The second-order valence-corrected chi connectivity index (χ2v) is 5.20. The van der Waals surface area contributed by atoms with Gasteiger partial charge in [-0.1, -0.05) is 19.8 Å². The Morgan fingerprint density at radius 3 is 3.00 bits per heavy atom. The molecular formula is C11H17N3OS. The number of hydrogen-bond acceptors (Lipinski definition) is 3. The SMILES string of the molecule is C[C@@H]1CCCC[C@H]1NC(=O)Nc1nccs1. The van der Waals surface area contributed by atoms with E-state index in [4.69, 9.17) is 0 Å². The van der Waals surface area contributed by atoms with E-state index in [0.29, 0.717) is 17.1 Å². The second kappa shape index (κ2) is 5.30. The third kappa shape index (κ3) is 2.95. The summed E-state index contributed by atoms with van der Waals surface area (Å²) >= 11 is 1.43. The predicted molar refractivity (Wildman–Crippen MR) is 65.7 cm³/mol. The van der Waals surface area contributed by atoms with Crippen LogP contribution in [0, 0.1) is 5.92 Å². The van der Waals surface area contributed by atoms with Gasteiger partial charge in [0.05, 0.1) is 0 Å². The molecule has 1 aliphatic rings. The lowest BCUT2D eigenvalue weighted by Crippen LogP contribution is -2.43. The third-order valence-corrected chi connectivity index (χ3v) is 3.77. The van der Waals surface area contributed by atoms with Gasteiger partial charge in [-0.05, 0) is 18.8 Å². The molecule has 0 saturated heterocycles. The van der Waals surface area contributed by atoms with Gasteiger partial charge < -0.3 is 5.32 Å². The van der Waals surface area contributed by atoms with E-state index in [9.17, 15) is 4.79 Å². The Morgan fingerprint density at radius 2 is 2.31 bits per heavy atom. The summed E-state index contributed by atoms with van der Waals surface area (Å²) in [5.41, 5.74) is 0. The number of rotatable bonds is 2. The Bertz CT molecular complexity index is 339. The molecule has 1 aromatic rings. The number of aromatic nitrogens is 1. The van der Waals surface area contributed by atoms with Gasteiger partial charge in [0.2, 0.25) is 0 Å². The molecule has 0 aromatic carbocycles. The maximum absolute atomic E-state index is 11.7. The highest BCUT2D eigenvalue weighted by Crippen LogP contribution is 2.23. The lowest BCUT2D eigenvalue weighted by molar-refractivity contribution is 0.232. The zero-order valence-corrected chi connectivity index (χ0v) is 10.2. The van der Waals surface area contributed by atoms with Crippen molar-refractivity contribution in [2.45, 2.75) is 38.6 Å². The monoisotopic (exact) mass is 239 g/mol. The van der Waals surface area contributed by atoms with Crippen molar-refractivity contribution >= 4 is 22.5 Å². The van der Waals surface area contributed by atoms with Crippen molar-refractivity contribution < 1.29 is 4.79 Å². The number of thiazole rings is 1. The minimum atomic E-state index is -0.131.